The quantitative estimate of drug-likeness (QED) is 0.717. The molecule has 2 heterocycles. The van der Waals surface area contributed by atoms with E-state index in [9.17, 15) is 0 Å². The summed E-state index contributed by atoms with van der Waals surface area (Å²) >= 11 is 0. The molecule has 2 aromatic carbocycles. The molecule has 0 atom stereocenters. The first kappa shape index (κ1) is 18.1. The van der Waals surface area contributed by atoms with E-state index in [2.05, 4.69) is 52.0 Å². The molecule has 5 rings (SSSR count). The van der Waals surface area contributed by atoms with Gasteiger partial charge in [-0.2, -0.15) is 4.68 Å². The average molecular weight is 391 g/mol. The van der Waals surface area contributed by atoms with Gasteiger partial charge in [0.15, 0.2) is 17.3 Å². The molecule has 150 valence electrons. The van der Waals surface area contributed by atoms with Gasteiger partial charge >= 0.3 is 0 Å². The van der Waals surface area contributed by atoms with Crippen LogP contribution in [0.4, 0.5) is 0 Å². The smallest absolute Gasteiger partial charge is 0.231 e. The number of nitrogens with one attached hydrogen (secondary N) is 1. The highest BCUT2D eigenvalue weighted by Gasteiger charge is 2.40. The molecule has 7 heteroatoms. The van der Waals surface area contributed by atoms with Crippen molar-refractivity contribution in [3.05, 3.63) is 59.9 Å². The molecule has 2 aliphatic rings. The number of fused-ring (bicyclic) bond motifs is 1. The van der Waals surface area contributed by atoms with Gasteiger partial charge in [0.1, 0.15) is 0 Å². The molecule has 1 aromatic heterocycles. The topological polar surface area (TPSA) is 74.1 Å². The number of benzene rings is 2. The molecule has 1 aliphatic carbocycles. The second kappa shape index (κ2) is 7.48. The Morgan fingerprint density at radius 1 is 1.07 bits per heavy atom. The Morgan fingerprint density at radius 2 is 1.86 bits per heavy atom. The van der Waals surface area contributed by atoms with Gasteiger partial charge < -0.3 is 14.8 Å². The number of rotatable bonds is 5. The molecule has 1 aliphatic heterocycles. The molecule has 0 saturated heterocycles. The first-order valence-electron chi connectivity index (χ1n) is 10.2. The van der Waals surface area contributed by atoms with Crippen LogP contribution in [-0.2, 0) is 12.1 Å². The molecular weight excluding hydrogens is 366 g/mol. The third kappa shape index (κ3) is 3.46. The van der Waals surface area contributed by atoms with Crippen molar-refractivity contribution in [2.45, 2.75) is 44.7 Å². The van der Waals surface area contributed by atoms with E-state index in [4.69, 9.17) is 9.47 Å². The minimum Gasteiger partial charge on any atom is -0.454 e. The van der Waals surface area contributed by atoms with E-state index in [1.165, 1.54) is 5.56 Å². The van der Waals surface area contributed by atoms with Crippen molar-refractivity contribution in [2.24, 2.45) is 5.92 Å². The third-order valence-electron chi connectivity index (χ3n) is 6.10. The summed E-state index contributed by atoms with van der Waals surface area (Å²) in [6, 6.07) is 16.3. The molecular formula is C22H25N5O2. The second-order valence-electron chi connectivity index (χ2n) is 8.06. The summed E-state index contributed by atoms with van der Waals surface area (Å²) in [6.45, 7) is 3.35. The van der Waals surface area contributed by atoms with Crippen molar-refractivity contribution >= 4 is 0 Å². The Kier molecular flexibility index (Phi) is 4.67. The normalized spacial score (nSPS) is 23.3. The van der Waals surface area contributed by atoms with Gasteiger partial charge in [-0.3, -0.25) is 0 Å². The summed E-state index contributed by atoms with van der Waals surface area (Å²) in [5.41, 5.74) is 1.88. The highest BCUT2D eigenvalue weighted by atomic mass is 16.7. The van der Waals surface area contributed by atoms with Gasteiger partial charge in [-0.05, 0) is 59.7 Å². The summed E-state index contributed by atoms with van der Waals surface area (Å²) in [5.74, 6) is 3.06. The van der Waals surface area contributed by atoms with Gasteiger partial charge in [-0.1, -0.05) is 37.3 Å². The van der Waals surface area contributed by atoms with E-state index in [1.807, 2.05) is 28.9 Å². The lowest BCUT2D eigenvalue weighted by molar-refractivity contribution is 0.174. The third-order valence-corrected chi connectivity index (χ3v) is 6.10. The minimum absolute atomic E-state index is 0.252. The van der Waals surface area contributed by atoms with Gasteiger partial charge in [0, 0.05) is 12.6 Å². The molecule has 1 saturated carbocycles. The fourth-order valence-corrected chi connectivity index (χ4v) is 4.28. The van der Waals surface area contributed by atoms with Crippen molar-refractivity contribution in [2.75, 3.05) is 6.79 Å². The maximum Gasteiger partial charge on any atom is 0.231 e. The minimum atomic E-state index is -0.262. The number of aromatic nitrogens is 4. The van der Waals surface area contributed by atoms with Crippen LogP contribution in [0.2, 0.25) is 0 Å². The van der Waals surface area contributed by atoms with E-state index in [0.717, 1.165) is 61.2 Å². The largest absolute Gasteiger partial charge is 0.454 e. The Bertz CT molecular complexity index is 980. The maximum absolute atomic E-state index is 5.55. The summed E-state index contributed by atoms with van der Waals surface area (Å²) in [4.78, 5) is 0. The van der Waals surface area contributed by atoms with Gasteiger partial charge in [0.25, 0.3) is 0 Å². The zero-order valence-electron chi connectivity index (χ0n) is 16.5. The predicted molar refractivity (Wildman–Crippen MR) is 108 cm³/mol. The average Bonchev–Trinajstić information content (AvgIpc) is 3.44. The van der Waals surface area contributed by atoms with Crippen molar-refractivity contribution in [1.82, 2.24) is 25.5 Å². The molecule has 0 unspecified atom stereocenters. The lowest BCUT2D eigenvalue weighted by Gasteiger charge is -2.39. The van der Waals surface area contributed by atoms with Crippen molar-refractivity contribution in [3.8, 4) is 17.2 Å². The van der Waals surface area contributed by atoms with Crippen LogP contribution in [0.25, 0.3) is 5.69 Å². The van der Waals surface area contributed by atoms with Crippen molar-refractivity contribution in [1.29, 1.82) is 0 Å². The zero-order valence-corrected chi connectivity index (χ0v) is 16.5. The maximum atomic E-state index is 5.55. The standard InChI is InChI=1S/C22H25N5O2/c1-16-9-11-22(12-10-16,23-14-17-5-3-2-4-6-17)21-24-25-26-27(21)18-7-8-19-20(13-18)29-15-28-19/h2-8,13,16,23H,9-12,14-15H2,1H3. The molecule has 29 heavy (non-hydrogen) atoms. The van der Waals surface area contributed by atoms with E-state index in [1.54, 1.807) is 0 Å². The number of nitrogens with zero attached hydrogens (tertiary/aromatic N) is 4. The van der Waals surface area contributed by atoms with E-state index < -0.39 is 0 Å². The Morgan fingerprint density at radius 3 is 2.69 bits per heavy atom. The molecule has 0 amide bonds. The molecule has 0 spiro atoms. The summed E-state index contributed by atoms with van der Waals surface area (Å²) < 4.78 is 12.8. The van der Waals surface area contributed by atoms with Crippen LogP contribution in [0.5, 0.6) is 11.5 Å². The first-order chi connectivity index (χ1) is 14.2. The van der Waals surface area contributed by atoms with Crippen LogP contribution in [0.1, 0.15) is 44.0 Å². The van der Waals surface area contributed by atoms with Crippen LogP contribution in [0, 0.1) is 5.92 Å². The van der Waals surface area contributed by atoms with Gasteiger partial charge in [0.2, 0.25) is 6.79 Å². The van der Waals surface area contributed by atoms with Crippen LogP contribution in [-0.4, -0.2) is 27.0 Å². The fourth-order valence-electron chi connectivity index (χ4n) is 4.28. The van der Waals surface area contributed by atoms with Crippen LogP contribution in [0.3, 0.4) is 0 Å². The van der Waals surface area contributed by atoms with Gasteiger partial charge in [-0.25, -0.2) is 0 Å². The van der Waals surface area contributed by atoms with Gasteiger partial charge in [-0.15, -0.1) is 5.10 Å². The molecule has 3 aromatic rings. The number of tetrazole rings is 1. The lowest BCUT2D eigenvalue weighted by Crippen LogP contribution is -2.46. The van der Waals surface area contributed by atoms with E-state index in [-0.39, 0.29) is 12.3 Å². The van der Waals surface area contributed by atoms with E-state index in [0.29, 0.717) is 0 Å². The highest BCUT2D eigenvalue weighted by Crippen LogP contribution is 2.40. The number of hydrogen-bond donors (Lipinski definition) is 1. The van der Waals surface area contributed by atoms with Gasteiger partial charge in [0.05, 0.1) is 11.2 Å². The molecule has 0 bridgehead atoms. The van der Waals surface area contributed by atoms with Crippen LogP contribution >= 0.6 is 0 Å². The summed E-state index contributed by atoms with van der Waals surface area (Å²) in [6.07, 6.45) is 4.31. The Hall–Kier alpha value is -2.93. The second-order valence-corrected chi connectivity index (χ2v) is 8.06. The van der Waals surface area contributed by atoms with Crippen molar-refractivity contribution in [3.63, 3.8) is 0 Å². The Labute approximate surface area is 170 Å². The first-order valence-corrected chi connectivity index (χ1v) is 10.2. The number of hydrogen-bond acceptors (Lipinski definition) is 6. The predicted octanol–water partition coefficient (Wildman–Crippen LogP) is 3.59. The molecule has 7 nitrogen and oxygen atoms in total. The lowest BCUT2D eigenvalue weighted by atomic mass is 9.76. The van der Waals surface area contributed by atoms with E-state index >= 15 is 0 Å². The number of ether oxygens (including phenoxy) is 2. The highest BCUT2D eigenvalue weighted by molar-refractivity contribution is 5.50. The monoisotopic (exact) mass is 391 g/mol. The van der Waals surface area contributed by atoms with Crippen LogP contribution < -0.4 is 14.8 Å². The SMILES string of the molecule is CC1CCC(NCc2ccccc2)(c2nnnn2-c2ccc3c(c2)OCO3)CC1. The van der Waals surface area contributed by atoms with Crippen molar-refractivity contribution < 1.29 is 9.47 Å². The molecule has 0 radical (unpaired) electrons. The Balaban J connectivity index is 1.49. The van der Waals surface area contributed by atoms with Crippen LogP contribution in [0.15, 0.2) is 48.5 Å². The summed E-state index contributed by atoms with van der Waals surface area (Å²) in [7, 11) is 0. The molecule has 1 N–H and O–H groups in total. The fraction of sp³-hybridized carbons (Fsp3) is 0.409. The zero-order chi connectivity index (χ0) is 19.7. The molecule has 1 fully saturated rings. The summed E-state index contributed by atoms with van der Waals surface area (Å²) in [5, 5.41) is 16.7.